The molecule has 2 heterocycles. The largest absolute Gasteiger partial charge is 0.494 e. The highest BCUT2D eigenvalue weighted by Crippen LogP contribution is 2.33. The normalized spacial score (nSPS) is 14.8. The number of benzene rings is 3. The third-order valence-electron chi connectivity index (χ3n) is 6.57. The summed E-state index contributed by atoms with van der Waals surface area (Å²) in [6.45, 7) is 6.58. The molecule has 42 heavy (non-hydrogen) atoms. The summed E-state index contributed by atoms with van der Waals surface area (Å²) in [6.07, 6.45) is 1.83. The second-order valence-corrected chi connectivity index (χ2v) is 12.5. The highest BCUT2D eigenvalue weighted by molar-refractivity contribution is 14.1. The van der Waals surface area contributed by atoms with Crippen molar-refractivity contribution in [2.24, 2.45) is 4.99 Å². The fourth-order valence-electron chi connectivity index (χ4n) is 4.73. The number of fused-ring (bicyclic) bond motifs is 1. The van der Waals surface area contributed by atoms with Gasteiger partial charge >= 0.3 is 5.97 Å². The van der Waals surface area contributed by atoms with Crippen LogP contribution in [0.4, 0.5) is 0 Å². The lowest BCUT2D eigenvalue weighted by Crippen LogP contribution is -2.39. The smallest absolute Gasteiger partial charge is 0.338 e. The zero-order valence-corrected chi connectivity index (χ0v) is 27.8. The number of hydrogen-bond donors (Lipinski definition) is 0. The number of esters is 1. The number of carbonyl (C=O) groups excluding carboxylic acids is 1. The van der Waals surface area contributed by atoms with Crippen LogP contribution in [0.15, 0.2) is 92.3 Å². The maximum absolute atomic E-state index is 14.1. The third-order valence-corrected chi connectivity index (χ3v) is 8.82. The van der Waals surface area contributed by atoms with E-state index in [-0.39, 0.29) is 12.2 Å². The third kappa shape index (κ3) is 6.40. The Kier molecular flexibility index (Phi) is 9.64. The van der Waals surface area contributed by atoms with Crippen molar-refractivity contribution in [2.45, 2.75) is 33.4 Å². The minimum atomic E-state index is -0.699. The molecule has 3 aromatic carbocycles. The zero-order valence-electron chi connectivity index (χ0n) is 23.2. The molecule has 0 saturated carbocycles. The van der Waals surface area contributed by atoms with Crippen LogP contribution in [-0.2, 0) is 16.1 Å². The van der Waals surface area contributed by atoms with Gasteiger partial charge in [0.25, 0.3) is 5.56 Å². The maximum atomic E-state index is 14.1. The summed E-state index contributed by atoms with van der Waals surface area (Å²) >= 11 is 7.10. The molecule has 0 bridgehead atoms. The molecule has 216 valence electrons. The fraction of sp³-hybridized carbons (Fsp3) is 0.219. The van der Waals surface area contributed by atoms with Crippen LogP contribution < -0.4 is 24.4 Å². The first-order chi connectivity index (χ1) is 20.3. The molecular formula is C32H28BrIN2O5S. The average Bonchev–Trinajstić information content (AvgIpc) is 3.27. The fourth-order valence-corrected chi connectivity index (χ4v) is 7.47. The number of thiazole rings is 1. The molecule has 0 spiro atoms. The van der Waals surface area contributed by atoms with Gasteiger partial charge in [-0.2, -0.15) is 0 Å². The highest BCUT2D eigenvalue weighted by Gasteiger charge is 2.33. The standard InChI is InChI=1S/C32H28BrIN2O5S/c1-4-39-24-13-11-21(12-14-24)28-27(31(38)40-5-2)19(3)35-32-36(28)30(37)26(42-32)16-22-15-23(33)17-25(34)29(22)41-18-20-9-7-6-8-10-20/h6-17,28H,4-5,18H2,1-3H3/b26-16-/t28-/m0/s1. The van der Waals surface area contributed by atoms with Crippen molar-refractivity contribution in [3.8, 4) is 11.5 Å². The van der Waals surface area contributed by atoms with Gasteiger partial charge in [0.1, 0.15) is 18.1 Å². The van der Waals surface area contributed by atoms with Crippen molar-refractivity contribution >= 4 is 61.9 Å². The summed E-state index contributed by atoms with van der Waals surface area (Å²) in [5.74, 6) is 0.893. The van der Waals surface area contributed by atoms with Gasteiger partial charge < -0.3 is 14.2 Å². The first-order valence-corrected chi connectivity index (χ1v) is 16.1. The molecule has 0 radical (unpaired) electrons. The molecule has 0 unspecified atom stereocenters. The van der Waals surface area contributed by atoms with E-state index < -0.39 is 12.0 Å². The first-order valence-electron chi connectivity index (χ1n) is 13.4. The molecular weight excluding hydrogens is 731 g/mol. The molecule has 7 nitrogen and oxygen atoms in total. The summed E-state index contributed by atoms with van der Waals surface area (Å²) < 4.78 is 21.1. The minimum absolute atomic E-state index is 0.212. The molecule has 10 heteroatoms. The minimum Gasteiger partial charge on any atom is -0.494 e. The van der Waals surface area contributed by atoms with Gasteiger partial charge in [0.15, 0.2) is 4.80 Å². The van der Waals surface area contributed by atoms with Crippen molar-refractivity contribution in [2.75, 3.05) is 13.2 Å². The van der Waals surface area contributed by atoms with E-state index in [0.717, 1.165) is 24.7 Å². The summed E-state index contributed by atoms with van der Waals surface area (Å²) in [6, 6.07) is 20.6. The zero-order chi connectivity index (χ0) is 29.8. The Hall–Kier alpha value is -3.22. The van der Waals surface area contributed by atoms with E-state index in [9.17, 15) is 9.59 Å². The van der Waals surface area contributed by atoms with E-state index in [4.69, 9.17) is 14.2 Å². The van der Waals surface area contributed by atoms with Crippen molar-refractivity contribution in [1.29, 1.82) is 0 Å². The van der Waals surface area contributed by atoms with Crippen LogP contribution in [0.3, 0.4) is 0 Å². The molecule has 0 aliphatic carbocycles. The van der Waals surface area contributed by atoms with Gasteiger partial charge in [-0.05, 0) is 84.8 Å². The van der Waals surface area contributed by atoms with Crippen LogP contribution in [0.1, 0.15) is 43.5 Å². The van der Waals surface area contributed by atoms with Crippen molar-refractivity contribution in [1.82, 2.24) is 4.57 Å². The predicted octanol–water partition coefficient (Wildman–Crippen LogP) is 6.14. The van der Waals surface area contributed by atoms with Crippen LogP contribution in [0.25, 0.3) is 6.08 Å². The number of rotatable bonds is 9. The average molecular weight is 759 g/mol. The molecule has 0 amide bonds. The molecule has 1 aliphatic rings. The lowest BCUT2D eigenvalue weighted by molar-refractivity contribution is -0.139. The topological polar surface area (TPSA) is 79.1 Å². The number of allylic oxidation sites excluding steroid dienone is 1. The number of hydrogen-bond acceptors (Lipinski definition) is 7. The van der Waals surface area contributed by atoms with Gasteiger partial charge in [0.2, 0.25) is 0 Å². The van der Waals surface area contributed by atoms with Gasteiger partial charge in [-0.15, -0.1) is 0 Å². The van der Waals surface area contributed by atoms with Crippen LogP contribution in [0.2, 0.25) is 0 Å². The highest BCUT2D eigenvalue weighted by atomic mass is 127. The van der Waals surface area contributed by atoms with Crippen LogP contribution in [0.5, 0.6) is 11.5 Å². The maximum Gasteiger partial charge on any atom is 0.338 e. The number of carbonyl (C=O) groups is 1. The van der Waals surface area contributed by atoms with E-state index in [1.807, 2.05) is 79.7 Å². The second kappa shape index (κ2) is 13.4. The van der Waals surface area contributed by atoms with E-state index >= 15 is 0 Å². The second-order valence-electron chi connectivity index (χ2n) is 9.38. The molecule has 1 aromatic heterocycles. The van der Waals surface area contributed by atoms with E-state index in [0.29, 0.717) is 45.3 Å². The summed E-state index contributed by atoms with van der Waals surface area (Å²) in [7, 11) is 0. The summed E-state index contributed by atoms with van der Waals surface area (Å²) in [5.41, 5.74) is 3.16. The SMILES string of the molecule is CCOC(=O)C1=C(C)N=c2s/c(=C\c3cc(Br)cc(I)c3OCc3ccccc3)c(=O)n2[C@H]1c1ccc(OCC)cc1. The lowest BCUT2D eigenvalue weighted by atomic mass is 9.96. The van der Waals surface area contributed by atoms with Gasteiger partial charge in [0, 0.05) is 10.0 Å². The van der Waals surface area contributed by atoms with Gasteiger partial charge in [-0.3, -0.25) is 9.36 Å². The Labute approximate surface area is 269 Å². The Morgan fingerprint density at radius 2 is 1.81 bits per heavy atom. The monoisotopic (exact) mass is 758 g/mol. The Morgan fingerprint density at radius 3 is 2.50 bits per heavy atom. The van der Waals surface area contributed by atoms with Crippen LogP contribution in [-0.4, -0.2) is 23.8 Å². The van der Waals surface area contributed by atoms with Crippen LogP contribution in [0, 0.1) is 3.57 Å². The Morgan fingerprint density at radius 1 is 1.07 bits per heavy atom. The number of ether oxygens (including phenoxy) is 3. The van der Waals surface area contributed by atoms with E-state index in [1.165, 1.54) is 11.3 Å². The quantitative estimate of drug-likeness (QED) is 0.151. The van der Waals surface area contributed by atoms with E-state index in [1.54, 1.807) is 18.4 Å². The van der Waals surface area contributed by atoms with E-state index in [2.05, 4.69) is 43.5 Å². The Balaban J connectivity index is 1.64. The molecule has 0 fully saturated rings. The number of halogens is 2. The molecule has 1 atom stereocenters. The van der Waals surface area contributed by atoms with Gasteiger partial charge in [0.05, 0.1) is 38.6 Å². The first kappa shape index (κ1) is 30.2. The number of nitrogens with zero attached hydrogens (tertiary/aromatic N) is 2. The molecule has 0 saturated heterocycles. The molecule has 4 aromatic rings. The molecule has 5 rings (SSSR count). The predicted molar refractivity (Wildman–Crippen MR) is 176 cm³/mol. The molecule has 1 aliphatic heterocycles. The molecule has 0 N–H and O–H groups in total. The van der Waals surface area contributed by atoms with Crippen LogP contribution >= 0.6 is 49.9 Å². The Bertz CT molecular complexity index is 1830. The summed E-state index contributed by atoms with van der Waals surface area (Å²) in [4.78, 5) is 32.5. The van der Waals surface area contributed by atoms with Crippen molar-refractivity contribution < 1.29 is 19.0 Å². The lowest BCUT2D eigenvalue weighted by Gasteiger charge is -2.24. The van der Waals surface area contributed by atoms with Crippen molar-refractivity contribution in [3.63, 3.8) is 0 Å². The summed E-state index contributed by atoms with van der Waals surface area (Å²) in [5, 5.41) is 0. The van der Waals surface area contributed by atoms with Gasteiger partial charge in [-0.25, -0.2) is 9.79 Å². The van der Waals surface area contributed by atoms with Gasteiger partial charge in [-0.1, -0.05) is 69.7 Å². The van der Waals surface area contributed by atoms with Crippen molar-refractivity contribution in [3.05, 3.63) is 122 Å². The number of aromatic nitrogens is 1.